The third-order valence-corrected chi connectivity index (χ3v) is 4.92. The summed E-state index contributed by atoms with van der Waals surface area (Å²) in [6, 6.07) is 5.40. The minimum Gasteiger partial charge on any atom is -0.383 e. The minimum atomic E-state index is -0.780. The number of rotatable bonds is 4. The average molecular weight is 366 g/mol. The van der Waals surface area contributed by atoms with Crippen LogP contribution in [-0.4, -0.2) is 19.9 Å². The van der Waals surface area contributed by atoms with Crippen LogP contribution in [0.4, 0.5) is 0 Å². The number of pyridine rings is 1. The van der Waals surface area contributed by atoms with E-state index < -0.39 is 6.10 Å². The van der Waals surface area contributed by atoms with Gasteiger partial charge >= 0.3 is 0 Å². The number of fused-ring (bicyclic) bond motifs is 1. The van der Waals surface area contributed by atoms with Gasteiger partial charge in [0.05, 0.1) is 15.8 Å². The van der Waals surface area contributed by atoms with Gasteiger partial charge in [0, 0.05) is 29.9 Å². The molecule has 1 N–H and O–H groups in total. The van der Waals surface area contributed by atoms with E-state index >= 15 is 0 Å². The molecule has 128 valence electrons. The van der Waals surface area contributed by atoms with Crippen LogP contribution in [0.1, 0.15) is 36.1 Å². The third-order valence-electron chi connectivity index (χ3n) is 3.68. The second kappa shape index (κ2) is 7.42. The summed E-state index contributed by atoms with van der Waals surface area (Å²) in [6.07, 6.45) is 3.33. The van der Waals surface area contributed by atoms with Gasteiger partial charge in [-0.25, -0.2) is 4.68 Å². The zero-order valence-electron chi connectivity index (χ0n) is 13.8. The van der Waals surface area contributed by atoms with E-state index in [1.165, 1.54) is 16.0 Å². The van der Waals surface area contributed by atoms with Crippen LogP contribution in [0.25, 0.3) is 10.1 Å². The van der Waals surface area contributed by atoms with E-state index in [-0.39, 0.29) is 18.0 Å². The lowest BCUT2D eigenvalue weighted by atomic mass is 10.1. The van der Waals surface area contributed by atoms with Crippen molar-refractivity contribution in [2.75, 3.05) is 0 Å². The van der Waals surface area contributed by atoms with E-state index in [9.17, 15) is 9.90 Å². The Hall–Kier alpha value is -1.76. The van der Waals surface area contributed by atoms with Crippen molar-refractivity contribution >= 4 is 33.8 Å². The highest BCUT2D eigenvalue weighted by Crippen LogP contribution is 2.33. The molecule has 3 rings (SSSR count). The molecule has 0 amide bonds. The summed E-state index contributed by atoms with van der Waals surface area (Å²) in [5, 5.41) is 15.6. The predicted molar refractivity (Wildman–Crippen MR) is 98.9 cm³/mol. The molecule has 0 aliphatic heterocycles. The van der Waals surface area contributed by atoms with Gasteiger partial charge in [-0.2, -0.15) is 5.10 Å². The lowest BCUT2D eigenvalue weighted by Crippen LogP contribution is -2.21. The van der Waals surface area contributed by atoms with Gasteiger partial charge < -0.3 is 5.11 Å². The number of aliphatic hydroxyl groups excluding tert-OH is 1. The molecule has 0 spiro atoms. The highest BCUT2D eigenvalue weighted by molar-refractivity contribution is 7.19. The zero-order chi connectivity index (χ0) is 16.6. The molecule has 3 aromatic rings. The maximum Gasteiger partial charge on any atom is 0.275 e. The molecular formula is C17H20ClN3O2S. The second-order valence-corrected chi connectivity index (χ2v) is 7.14. The van der Waals surface area contributed by atoms with E-state index in [4.69, 9.17) is 0 Å². The Labute approximate surface area is 150 Å². The first-order valence-corrected chi connectivity index (χ1v) is 8.36. The van der Waals surface area contributed by atoms with Crippen LogP contribution in [0.3, 0.4) is 0 Å². The molecule has 0 saturated carbocycles. The van der Waals surface area contributed by atoms with E-state index in [0.29, 0.717) is 16.9 Å². The normalized spacial score (nSPS) is 12.4. The van der Waals surface area contributed by atoms with E-state index in [1.54, 1.807) is 31.6 Å². The van der Waals surface area contributed by atoms with E-state index in [1.807, 2.05) is 6.07 Å². The number of halogens is 1. The number of aromatic nitrogens is 3. The van der Waals surface area contributed by atoms with Crippen molar-refractivity contribution in [3.8, 4) is 0 Å². The smallest absolute Gasteiger partial charge is 0.275 e. The molecule has 0 aliphatic carbocycles. The zero-order valence-corrected chi connectivity index (χ0v) is 15.4. The molecule has 0 bridgehead atoms. The average Bonchev–Trinajstić information content (AvgIpc) is 2.98. The molecule has 5 nitrogen and oxygen atoms in total. The lowest BCUT2D eigenvalue weighted by molar-refractivity contribution is 0.224. The van der Waals surface area contributed by atoms with Gasteiger partial charge in [-0.3, -0.25) is 9.78 Å². The molecule has 3 aromatic heterocycles. The summed E-state index contributed by atoms with van der Waals surface area (Å²) >= 11 is 1.44. The van der Waals surface area contributed by atoms with Gasteiger partial charge in [0.15, 0.2) is 0 Å². The summed E-state index contributed by atoms with van der Waals surface area (Å²) in [6.45, 7) is 4.25. The first-order valence-electron chi connectivity index (χ1n) is 7.55. The van der Waals surface area contributed by atoms with Crippen LogP contribution < -0.4 is 5.56 Å². The highest BCUT2D eigenvalue weighted by Gasteiger charge is 2.19. The van der Waals surface area contributed by atoms with Crippen molar-refractivity contribution in [1.29, 1.82) is 0 Å². The van der Waals surface area contributed by atoms with Crippen LogP contribution in [0.15, 0.2) is 35.4 Å². The van der Waals surface area contributed by atoms with Crippen molar-refractivity contribution in [3.05, 3.63) is 57.1 Å². The van der Waals surface area contributed by atoms with Crippen molar-refractivity contribution in [3.63, 3.8) is 0 Å². The van der Waals surface area contributed by atoms with Gasteiger partial charge in [-0.1, -0.05) is 19.9 Å². The minimum absolute atomic E-state index is 0. The fourth-order valence-electron chi connectivity index (χ4n) is 2.59. The topological polar surface area (TPSA) is 68.0 Å². The van der Waals surface area contributed by atoms with Gasteiger partial charge in [0.2, 0.25) is 0 Å². The summed E-state index contributed by atoms with van der Waals surface area (Å²) in [5.41, 5.74) is 1.49. The molecule has 1 atom stereocenters. The molecular weight excluding hydrogens is 346 g/mol. The first-order chi connectivity index (χ1) is 11.0. The molecule has 3 heterocycles. The van der Waals surface area contributed by atoms with Crippen LogP contribution in [0.5, 0.6) is 0 Å². The molecule has 7 heteroatoms. The predicted octanol–water partition coefficient (Wildman–Crippen LogP) is 3.09. The Morgan fingerprint density at radius 1 is 1.38 bits per heavy atom. The number of thiophene rings is 1. The monoisotopic (exact) mass is 365 g/mol. The van der Waals surface area contributed by atoms with Crippen LogP contribution in [-0.2, 0) is 13.5 Å². The quantitative estimate of drug-likeness (QED) is 0.771. The van der Waals surface area contributed by atoms with Gasteiger partial charge in [0.25, 0.3) is 5.56 Å². The molecule has 24 heavy (non-hydrogen) atoms. The number of aryl methyl sites for hydroxylation is 1. The fraction of sp³-hybridized carbons (Fsp3) is 0.353. The Morgan fingerprint density at radius 3 is 2.75 bits per heavy atom. The third kappa shape index (κ3) is 3.50. The Bertz CT molecular complexity index is 890. The highest BCUT2D eigenvalue weighted by atomic mass is 35.5. The van der Waals surface area contributed by atoms with Gasteiger partial charge in [-0.15, -0.1) is 23.7 Å². The van der Waals surface area contributed by atoms with E-state index in [2.05, 4.69) is 23.9 Å². The van der Waals surface area contributed by atoms with Crippen LogP contribution in [0.2, 0.25) is 0 Å². The SMILES string of the molecule is CC(C)Cc1nn(C)c(=O)c2cc(C(O)c3cccnc3)sc12.Cl. The summed E-state index contributed by atoms with van der Waals surface area (Å²) in [4.78, 5) is 17.1. The summed E-state index contributed by atoms with van der Waals surface area (Å²) in [7, 11) is 1.67. The van der Waals surface area contributed by atoms with E-state index in [0.717, 1.165) is 21.7 Å². The van der Waals surface area contributed by atoms with Crippen molar-refractivity contribution < 1.29 is 5.11 Å². The fourth-order valence-corrected chi connectivity index (χ4v) is 3.74. The summed E-state index contributed by atoms with van der Waals surface area (Å²) in [5.74, 6) is 0.442. The number of aliphatic hydroxyl groups is 1. The first kappa shape index (κ1) is 18.6. The Kier molecular flexibility index (Phi) is 5.74. The molecule has 0 radical (unpaired) electrons. The standard InChI is InChI=1S/C17H19N3O2S.ClH/c1-10(2)7-13-16-12(17(22)20(3)19-13)8-14(23-16)15(21)11-5-4-6-18-9-11;/h4-6,8-10,15,21H,7H2,1-3H3;1H. The molecule has 0 aromatic carbocycles. The number of hydrogen-bond donors (Lipinski definition) is 1. The number of hydrogen-bond acceptors (Lipinski definition) is 5. The van der Waals surface area contributed by atoms with Gasteiger partial charge in [0.1, 0.15) is 6.10 Å². The van der Waals surface area contributed by atoms with Crippen LogP contribution in [0, 0.1) is 5.92 Å². The molecule has 0 saturated heterocycles. The Morgan fingerprint density at radius 2 is 2.12 bits per heavy atom. The maximum absolute atomic E-state index is 12.4. The summed E-state index contributed by atoms with van der Waals surface area (Å²) < 4.78 is 2.26. The van der Waals surface area contributed by atoms with Crippen molar-refractivity contribution in [2.24, 2.45) is 13.0 Å². The lowest BCUT2D eigenvalue weighted by Gasteiger charge is -2.07. The molecule has 1 unspecified atom stereocenters. The van der Waals surface area contributed by atoms with Gasteiger partial charge in [-0.05, 0) is 24.5 Å². The Balaban J connectivity index is 0.00000208. The van der Waals surface area contributed by atoms with Crippen LogP contribution >= 0.6 is 23.7 Å². The van der Waals surface area contributed by atoms with Crippen molar-refractivity contribution in [1.82, 2.24) is 14.8 Å². The second-order valence-electron chi connectivity index (χ2n) is 6.05. The molecule has 0 fully saturated rings. The largest absolute Gasteiger partial charge is 0.383 e. The number of nitrogens with zero attached hydrogens (tertiary/aromatic N) is 3. The van der Waals surface area contributed by atoms with Crippen molar-refractivity contribution in [2.45, 2.75) is 26.4 Å². The maximum atomic E-state index is 12.4. The molecule has 0 aliphatic rings.